The number of anilines is 4. The first kappa shape index (κ1) is 79.4. The van der Waals surface area contributed by atoms with Crippen molar-refractivity contribution in [2.24, 2.45) is 4.99 Å². The molecule has 0 fully saturated rings. The van der Waals surface area contributed by atoms with Crippen LogP contribution in [0.4, 0.5) is 33.3 Å². The molecule has 2 aliphatic heterocycles. The predicted molar refractivity (Wildman–Crippen MR) is 353 cm³/mol. The quantitative estimate of drug-likeness (QED) is 0.0169. The zero-order valence-corrected chi connectivity index (χ0v) is 58.1. The van der Waals surface area contributed by atoms with E-state index < -0.39 is 43.0 Å². The summed E-state index contributed by atoms with van der Waals surface area (Å²) in [5.74, 6) is -0.844. The summed E-state index contributed by atoms with van der Waals surface area (Å²) in [6.07, 6.45) is 8.65. The van der Waals surface area contributed by atoms with Crippen LogP contribution in [0.1, 0.15) is 65.5 Å². The number of amides is 2. The second-order valence-corrected chi connectivity index (χ2v) is 27.6. The highest BCUT2D eigenvalue weighted by Crippen LogP contribution is 2.36. The van der Waals surface area contributed by atoms with E-state index in [9.17, 15) is 37.8 Å². The Morgan fingerprint density at radius 2 is 1.65 bits per heavy atom. The summed E-state index contributed by atoms with van der Waals surface area (Å²) in [6.45, 7) is 16.5. The molecule has 4 heterocycles. The lowest BCUT2D eigenvalue weighted by atomic mass is 10.0. The molecule has 0 saturated heterocycles. The zero-order valence-electron chi connectivity index (χ0n) is 51.0. The third-order valence-corrected chi connectivity index (χ3v) is 15.0. The van der Waals surface area contributed by atoms with Crippen LogP contribution in [0, 0.1) is 12.7 Å². The van der Waals surface area contributed by atoms with Gasteiger partial charge < -0.3 is 54.1 Å². The van der Waals surface area contributed by atoms with E-state index in [2.05, 4.69) is 67.1 Å². The Morgan fingerprint density at radius 1 is 1.01 bits per heavy atom. The Bertz CT molecular complexity index is 3220. The number of aryl methyl sites for hydroxylation is 2. The normalized spacial score (nSPS) is 14.1. The first-order chi connectivity index (χ1) is 41.4. The van der Waals surface area contributed by atoms with E-state index in [1.165, 1.54) is 13.2 Å². The van der Waals surface area contributed by atoms with Crippen molar-refractivity contribution in [3.05, 3.63) is 96.3 Å². The molecule has 0 radical (unpaired) electrons. The number of benzene rings is 3. The number of hydrogen-bond donors (Lipinski definition) is 5. The number of carboxylic acid groups (broad SMARTS) is 1. The number of thioether (sulfide) groups is 1. The summed E-state index contributed by atoms with van der Waals surface area (Å²) in [5.41, 5.74) is 4.01. The number of carbonyl (C=O) groups is 4. The monoisotopic (exact) mass is 1410 g/mol. The van der Waals surface area contributed by atoms with E-state index in [0.29, 0.717) is 64.5 Å². The number of alkyl halides is 3. The summed E-state index contributed by atoms with van der Waals surface area (Å²) < 4.78 is 42.9. The third-order valence-electron chi connectivity index (χ3n) is 11.3. The predicted octanol–water partition coefficient (Wildman–Crippen LogP) is 9.00. The van der Waals surface area contributed by atoms with E-state index in [-0.39, 0.29) is 62.4 Å². The zero-order chi connectivity index (χ0) is 66.4. The number of carboxylic acids is 1. The summed E-state index contributed by atoms with van der Waals surface area (Å²) in [7, 11) is -0.773. The molecule has 490 valence electrons. The highest BCUT2D eigenvalue weighted by molar-refractivity contribution is 8.00. The number of fused-ring (bicyclic) bond motifs is 2. The molecular formula is C55H78Cl5FN11O12PS3. The molecule has 0 bridgehead atoms. The first-order valence-corrected chi connectivity index (χ1v) is 35.3. The molecule has 0 spiro atoms. The van der Waals surface area contributed by atoms with E-state index in [1.54, 1.807) is 26.3 Å². The fourth-order valence-corrected chi connectivity index (χ4v) is 10.6. The van der Waals surface area contributed by atoms with Crippen molar-refractivity contribution in [1.29, 1.82) is 0 Å². The molecule has 5 aromatic rings. The number of aliphatic carboxylic acids is 1. The van der Waals surface area contributed by atoms with E-state index in [1.807, 2.05) is 83.3 Å². The van der Waals surface area contributed by atoms with Crippen LogP contribution in [-0.4, -0.2) is 158 Å². The number of methoxy groups -OCH3 is 2. The number of aromatic nitrogens is 5. The molecule has 2 aliphatic rings. The molecule has 33 heteroatoms. The number of para-hydroxylation sites is 3. The smallest absolute Gasteiger partial charge is 0.325 e. The SMILES string of the molecule is CC1COc2ccccc2N1C(=O)C(Cl)Cl.CCNc1nc(Cl)nc(NC(C)C)n1.CCc1cccc(C)c1N(C(=O)CCl)C(C)COC.COC(=O)CSc1cc(N=c2sc(=O)n3n2CCCC3)c(F)cc1Cl.C[S+](C)C.O=C(O)CNCP(=O)([O-])O. The lowest BCUT2D eigenvalue weighted by molar-refractivity contribution is -0.193. The number of hydrogen-bond acceptors (Lipinski definition) is 19. The molecule has 7 rings (SSSR count). The van der Waals surface area contributed by atoms with Crippen molar-refractivity contribution in [3.63, 3.8) is 0 Å². The minimum atomic E-state index is -4.35. The number of carbonyl (C=O) groups excluding carboxylic acids is 3. The average molecular weight is 1410 g/mol. The minimum Gasteiger partial charge on any atom is -0.778 e. The molecule has 0 aliphatic carbocycles. The van der Waals surface area contributed by atoms with Crippen LogP contribution in [0.2, 0.25) is 10.3 Å². The third kappa shape index (κ3) is 28.2. The number of halogens is 6. The van der Waals surface area contributed by atoms with Crippen LogP contribution in [0.3, 0.4) is 0 Å². The van der Waals surface area contributed by atoms with Gasteiger partial charge >= 0.3 is 16.8 Å². The van der Waals surface area contributed by atoms with Gasteiger partial charge in [0.05, 0.1) is 79.5 Å². The Kier molecular flexibility index (Phi) is 36.9. The van der Waals surface area contributed by atoms with Crippen molar-refractivity contribution >= 4 is 152 Å². The van der Waals surface area contributed by atoms with Crippen LogP contribution >= 0.6 is 88.7 Å². The Morgan fingerprint density at radius 3 is 2.22 bits per heavy atom. The van der Waals surface area contributed by atoms with Gasteiger partial charge in [0.15, 0.2) is 4.84 Å². The van der Waals surface area contributed by atoms with Gasteiger partial charge in [0.25, 0.3) is 5.91 Å². The minimum absolute atomic E-state index is 0.0223. The summed E-state index contributed by atoms with van der Waals surface area (Å²) in [6, 6.07) is 16.2. The van der Waals surface area contributed by atoms with Gasteiger partial charge in [0.2, 0.25) is 27.9 Å². The van der Waals surface area contributed by atoms with Gasteiger partial charge in [-0.25, -0.2) is 14.1 Å². The maximum atomic E-state index is 14.3. The largest absolute Gasteiger partial charge is 0.778 e. The van der Waals surface area contributed by atoms with Crippen LogP contribution in [0.25, 0.3) is 0 Å². The van der Waals surface area contributed by atoms with Gasteiger partial charge in [-0.05, 0) is 130 Å². The Labute approximate surface area is 548 Å². The van der Waals surface area contributed by atoms with Gasteiger partial charge in [-0.1, -0.05) is 72.1 Å². The number of rotatable bonds is 19. The first-order valence-electron chi connectivity index (χ1n) is 27.1. The molecule has 0 saturated carbocycles. The van der Waals surface area contributed by atoms with E-state index >= 15 is 0 Å². The lowest BCUT2D eigenvalue weighted by Gasteiger charge is -2.35. The van der Waals surface area contributed by atoms with Crippen LogP contribution in [-0.2, 0) is 63.6 Å². The van der Waals surface area contributed by atoms with Crippen LogP contribution in [0.5, 0.6) is 5.75 Å². The second kappa shape index (κ2) is 40.9. The van der Waals surface area contributed by atoms with Crippen molar-refractivity contribution in [2.75, 3.05) is 97.6 Å². The topological polar surface area (TPSA) is 297 Å². The second-order valence-electron chi connectivity index (χ2n) is 19.5. The highest BCUT2D eigenvalue weighted by atomic mass is 35.5. The van der Waals surface area contributed by atoms with Gasteiger partial charge in [-0.3, -0.25) is 34.0 Å². The van der Waals surface area contributed by atoms with Crippen molar-refractivity contribution < 1.29 is 57.2 Å². The maximum absolute atomic E-state index is 14.3. The number of esters is 1. The Balaban J connectivity index is 0.000000380. The average Bonchev–Trinajstić information content (AvgIpc) is 1.37. The van der Waals surface area contributed by atoms with Gasteiger partial charge in [0.1, 0.15) is 37.3 Å². The summed E-state index contributed by atoms with van der Waals surface area (Å²) in [5, 5.41) is 16.4. The molecule has 3 aromatic carbocycles. The molecule has 5 N–H and O–H groups in total. The van der Waals surface area contributed by atoms with E-state index in [0.717, 1.165) is 77.5 Å². The number of ether oxygens (including phenoxy) is 3. The van der Waals surface area contributed by atoms with Crippen molar-refractivity contribution in [1.82, 2.24) is 29.6 Å². The number of nitrogens with zero attached hydrogens (tertiary/aromatic N) is 8. The fraction of sp³-hybridized carbons (Fsp3) is 0.509. The van der Waals surface area contributed by atoms with E-state index in [4.69, 9.17) is 77.5 Å². The number of nitrogens with one attached hydrogen (secondary N) is 3. The van der Waals surface area contributed by atoms with Gasteiger partial charge in [-0.2, -0.15) is 15.0 Å². The van der Waals surface area contributed by atoms with Gasteiger partial charge in [-0.15, -0.1) is 23.4 Å². The highest BCUT2D eigenvalue weighted by Gasteiger charge is 2.32. The molecule has 2 amide bonds. The Hall–Kier alpha value is -4.74. The lowest BCUT2D eigenvalue weighted by Crippen LogP contribution is -2.47. The molecule has 88 heavy (non-hydrogen) atoms. The molecule has 3 atom stereocenters. The van der Waals surface area contributed by atoms with Crippen LogP contribution < -0.4 is 45.1 Å². The maximum Gasteiger partial charge on any atom is 0.325 e. The van der Waals surface area contributed by atoms with Crippen molar-refractivity contribution in [2.45, 2.75) is 109 Å². The molecule has 2 aromatic heterocycles. The summed E-state index contributed by atoms with van der Waals surface area (Å²) in [4.78, 5) is 94.6. The molecular weight excluding hydrogens is 1330 g/mol. The molecule has 23 nitrogen and oxygen atoms in total. The summed E-state index contributed by atoms with van der Waals surface area (Å²) >= 11 is 30.9. The fourth-order valence-electron chi connectivity index (χ4n) is 7.71. The molecule has 3 unspecified atom stereocenters. The van der Waals surface area contributed by atoms with Gasteiger partial charge in [0, 0.05) is 37.7 Å². The van der Waals surface area contributed by atoms with Crippen LogP contribution in [0.15, 0.2) is 69.3 Å². The standard InChI is InChI=1S/C15H15ClFN3O3S2.C15H22ClNO2.C11H11Cl2NO2.C8H14ClN5.C3H8NO5P.C3H9S/c1-23-13(21)8-24-12-7-11(10(17)6-9(12)16)18-14-19-4-2-3-5-20(19)15(22)25-14;1-5-13-8-6-7-11(2)15(13)17(14(18)9-16)12(3)10-19-4;1-7-6-16-9-5-3-2-4-8(9)14(7)11(15)10(12)13;1-4-10-7-12-6(9)13-8(14-7)11-5(2)3;5-3(6)1-4-2-10(7,8)9;1-4(2)3/h6-7H,2-5,8H2,1H3;6-8,12H,5,9-10H2,1-4H3;2-5,7,10H,6H2,1H3;5H,4H2,1-3H3,(H2,10,11,12,13,14);4H,1-2H2,(H,5,6)(H2,7,8,9);1-3H3/q;;;;;+1/p-1. The van der Waals surface area contributed by atoms with Crippen molar-refractivity contribution in [3.8, 4) is 5.75 Å².